The van der Waals surface area contributed by atoms with Crippen LogP contribution in [-0.2, 0) is 37.9 Å². The minimum atomic E-state index is -1.59. The van der Waals surface area contributed by atoms with Gasteiger partial charge in [-0.3, -0.25) is 28.8 Å². The molecule has 64 heavy (non-hydrogen) atoms. The van der Waals surface area contributed by atoms with Gasteiger partial charge in [0.25, 0.3) is 23.6 Å². The lowest BCUT2D eigenvalue weighted by atomic mass is 10.1. The molecule has 4 N–H and O–H groups in total. The third-order valence-electron chi connectivity index (χ3n) is 9.27. The van der Waals surface area contributed by atoms with Gasteiger partial charge in [-0.05, 0) is 110 Å². The first kappa shape index (κ1) is 49.0. The van der Waals surface area contributed by atoms with E-state index in [9.17, 15) is 28.8 Å². The molecule has 0 saturated heterocycles. The normalized spacial score (nSPS) is 12.1. The molecule has 14 nitrogen and oxygen atoms in total. The predicted molar refractivity (Wildman–Crippen MR) is 252 cm³/mol. The number of nitrogens with zero attached hydrogens (tertiary/aromatic N) is 4. The fourth-order valence-electron chi connectivity index (χ4n) is 6.00. The van der Waals surface area contributed by atoms with Crippen molar-refractivity contribution in [1.82, 2.24) is 0 Å². The molecule has 4 amide bonds. The third kappa shape index (κ3) is 13.3. The Morgan fingerprint density at radius 2 is 0.953 bits per heavy atom. The average Bonchev–Trinajstić information content (AvgIpc) is 3.26. The summed E-state index contributed by atoms with van der Waals surface area (Å²) in [5, 5.41) is 27.2. The number of halogens is 5. The largest absolute Gasteiger partial charge is 0.324 e. The number of benzene rings is 5. The van der Waals surface area contributed by atoms with E-state index in [0.717, 1.165) is 11.1 Å². The second-order valence-corrected chi connectivity index (χ2v) is 15.7. The Bertz CT molecular complexity index is 2640. The highest BCUT2D eigenvalue weighted by Gasteiger charge is 2.26. The first-order chi connectivity index (χ1) is 30.7. The zero-order chi connectivity index (χ0) is 46.3. The number of para-hydroxylation sites is 2. The number of hydrogen-bond donors (Lipinski definition) is 4. The first-order valence-electron chi connectivity index (χ1n) is 19.4. The summed E-state index contributed by atoms with van der Waals surface area (Å²) < 4.78 is 0. The molecule has 330 valence electrons. The number of carbonyl (C=O) groups is 6. The maximum absolute atomic E-state index is 13.4. The molecule has 0 aliphatic heterocycles. The maximum atomic E-state index is 13.4. The maximum Gasteiger partial charge on any atom is 0.258 e. The molecule has 5 aromatic carbocycles. The van der Waals surface area contributed by atoms with E-state index < -0.39 is 47.3 Å². The highest BCUT2D eigenvalue weighted by molar-refractivity contribution is 6.35. The molecule has 5 aromatic rings. The summed E-state index contributed by atoms with van der Waals surface area (Å²) in [6.45, 7) is 2.33. The number of alkyl halides is 3. The Morgan fingerprint density at radius 3 is 1.39 bits per heavy atom. The second kappa shape index (κ2) is 23.6. The van der Waals surface area contributed by atoms with E-state index >= 15 is 0 Å². The number of hydrogen-bond acceptors (Lipinski definition) is 10. The standard InChI is InChI=1S/C45H39Cl5N8O6/c1-25(59)40(57-55-31-11-14-35(49)33(22-31)42(61)52-37-9-5-3-7-27(37)17-19-46)44(63)51-30-13-16-39(29(21-30)24-48)54-45(64)41(26(2)60)58-56-32-12-15-36(50)34(23-32)43(62)53-38-10-6-4-8-28(38)18-20-47/h3-16,21-23,40-41H,17-20,24H2,1-2H3,(H,51,63)(H,52,61)(H,53,62)(H,54,64). The molecule has 0 radical (unpaired) electrons. The van der Waals surface area contributed by atoms with Crippen LogP contribution in [0.2, 0.25) is 10.0 Å². The SMILES string of the molecule is CC(=O)C(N=Nc1ccc(Cl)c(C(=O)Nc2ccccc2CCCl)c1)C(=O)Nc1ccc(NC(=O)C(N=Nc2ccc(Cl)c(C(=O)Nc3ccccc3CCCl)c2)C(C)=O)c(CCl)c1. The van der Waals surface area contributed by atoms with Crippen molar-refractivity contribution < 1.29 is 28.8 Å². The molecule has 0 spiro atoms. The topological polar surface area (TPSA) is 200 Å². The second-order valence-electron chi connectivity index (χ2n) is 13.9. The molecule has 0 fully saturated rings. The highest BCUT2D eigenvalue weighted by Crippen LogP contribution is 2.28. The van der Waals surface area contributed by atoms with Crippen LogP contribution in [0.25, 0.3) is 0 Å². The molecular formula is C45H39Cl5N8O6. The van der Waals surface area contributed by atoms with Crippen LogP contribution in [0.15, 0.2) is 124 Å². The van der Waals surface area contributed by atoms with Crippen molar-refractivity contribution in [3.63, 3.8) is 0 Å². The average molecular weight is 965 g/mol. The summed E-state index contributed by atoms with van der Waals surface area (Å²) in [4.78, 5) is 78.3. The van der Waals surface area contributed by atoms with Gasteiger partial charge in [-0.2, -0.15) is 20.5 Å². The van der Waals surface area contributed by atoms with Crippen molar-refractivity contribution in [2.24, 2.45) is 20.5 Å². The summed E-state index contributed by atoms with van der Waals surface area (Å²) in [6, 6.07) is 24.1. The lowest BCUT2D eigenvalue weighted by molar-refractivity contribution is -0.127. The molecule has 0 aliphatic rings. The molecule has 2 unspecified atom stereocenters. The van der Waals surface area contributed by atoms with E-state index in [1.54, 1.807) is 24.3 Å². The van der Waals surface area contributed by atoms with Crippen LogP contribution in [-0.4, -0.2) is 59.0 Å². The molecule has 2 atom stereocenters. The minimum absolute atomic E-state index is 0.0811. The van der Waals surface area contributed by atoms with Gasteiger partial charge in [0, 0.05) is 40.4 Å². The van der Waals surface area contributed by atoms with Gasteiger partial charge in [-0.25, -0.2) is 0 Å². The monoisotopic (exact) mass is 962 g/mol. The van der Waals surface area contributed by atoms with Gasteiger partial charge in [0.2, 0.25) is 12.1 Å². The van der Waals surface area contributed by atoms with Crippen LogP contribution in [0.4, 0.5) is 34.1 Å². The van der Waals surface area contributed by atoms with Crippen LogP contribution in [0.5, 0.6) is 0 Å². The number of azo groups is 2. The van der Waals surface area contributed by atoms with Gasteiger partial charge in [-0.1, -0.05) is 59.6 Å². The van der Waals surface area contributed by atoms with Crippen LogP contribution < -0.4 is 21.3 Å². The Kier molecular flexibility index (Phi) is 18.1. The van der Waals surface area contributed by atoms with E-state index in [4.69, 9.17) is 58.0 Å². The van der Waals surface area contributed by atoms with Crippen LogP contribution in [0.3, 0.4) is 0 Å². The number of nitrogens with one attached hydrogen (secondary N) is 4. The van der Waals surface area contributed by atoms with Gasteiger partial charge >= 0.3 is 0 Å². The fourth-order valence-corrected chi connectivity index (χ4v) is 7.04. The van der Waals surface area contributed by atoms with Gasteiger partial charge in [0.1, 0.15) is 0 Å². The first-order valence-corrected chi connectivity index (χ1v) is 21.7. The summed E-state index contributed by atoms with van der Waals surface area (Å²) in [7, 11) is 0. The van der Waals surface area contributed by atoms with Crippen molar-refractivity contribution in [3.8, 4) is 0 Å². The number of amides is 4. The minimum Gasteiger partial charge on any atom is -0.324 e. The summed E-state index contributed by atoms with van der Waals surface area (Å²) >= 11 is 30.7. The molecule has 0 aliphatic carbocycles. The number of anilines is 4. The molecule has 0 aromatic heterocycles. The fraction of sp³-hybridized carbons (Fsp3) is 0.200. The Morgan fingerprint density at radius 1 is 0.516 bits per heavy atom. The Hall–Kier alpha value is -6.03. The summed E-state index contributed by atoms with van der Waals surface area (Å²) in [5.41, 5.74) is 4.00. The van der Waals surface area contributed by atoms with Crippen LogP contribution in [0.1, 0.15) is 51.3 Å². The summed E-state index contributed by atoms with van der Waals surface area (Å²) in [5.74, 6) is -3.38. The van der Waals surface area contributed by atoms with Crippen molar-refractivity contribution in [2.75, 3.05) is 33.0 Å². The molecule has 0 bridgehead atoms. The van der Waals surface area contributed by atoms with Crippen LogP contribution >= 0.6 is 58.0 Å². The number of aryl methyl sites for hydroxylation is 2. The molecule has 19 heteroatoms. The van der Waals surface area contributed by atoms with E-state index in [1.807, 2.05) is 24.3 Å². The van der Waals surface area contributed by atoms with Gasteiger partial charge in [-0.15, -0.1) is 34.8 Å². The van der Waals surface area contributed by atoms with Crippen LogP contribution in [0, 0.1) is 0 Å². The van der Waals surface area contributed by atoms with Crippen molar-refractivity contribution >= 4 is 127 Å². The van der Waals surface area contributed by atoms with E-state index in [0.29, 0.717) is 41.5 Å². The van der Waals surface area contributed by atoms with E-state index in [2.05, 4.69) is 41.7 Å². The van der Waals surface area contributed by atoms with Gasteiger partial charge in [0.15, 0.2) is 11.6 Å². The zero-order valence-electron chi connectivity index (χ0n) is 34.1. The number of Topliss-reactive ketones (excluding diaryl/α,β-unsaturated/α-hetero) is 2. The molecule has 0 saturated carbocycles. The molecule has 0 heterocycles. The third-order valence-corrected chi connectivity index (χ3v) is 10.6. The van der Waals surface area contributed by atoms with Crippen molar-refractivity contribution in [2.45, 2.75) is 44.7 Å². The number of rotatable bonds is 19. The van der Waals surface area contributed by atoms with Gasteiger partial charge in [0.05, 0.1) is 32.5 Å². The highest BCUT2D eigenvalue weighted by atomic mass is 35.5. The zero-order valence-corrected chi connectivity index (χ0v) is 37.9. The molecular weight excluding hydrogens is 926 g/mol. The van der Waals surface area contributed by atoms with E-state index in [1.165, 1.54) is 68.4 Å². The number of ketones is 2. The predicted octanol–water partition coefficient (Wildman–Crippen LogP) is 11.2. The van der Waals surface area contributed by atoms with Crippen molar-refractivity contribution in [3.05, 3.63) is 141 Å². The van der Waals surface area contributed by atoms with E-state index in [-0.39, 0.29) is 49.8 Å². The lowest BCUT2D eigenvalue weighted by Crippen LogP contribution is -2.32. The lowest BCUT2D eigenvalue weighted by Gasteiger charge is -2.15. The van der Waals surface area contributed by atoms with Gasteiger partial charge < -0.3 is 21.3 Å². The Balaban J connectivity index is 1.25. The summed E-state index contributed by atoms with van der Waals surface area (Å²) in [6.07, 6.45) is 1.06. The smallest absolute Gasteiger partial charge is 0.258 e. The Labute approximate surface area is 393 Å². The quantitative estimate of drug-likeness (QED) is 0.0360. The van der Waals surface area contributed by atoms with Crippen molar-refractivity contribution in [1.29, 1.82) is 0 Å². The molecule has 5 rings (SSSR count). The number of carbonyl (C=O) groups excluding carboxylic acids is 6.